The number of alkyl carbamates (subject to hydrolysis) is 2. The number of carboxylic acids is 1. The third-order valence-electron chi connectivity index (χ3n) is 29.5. The maximum Gasteiger partial charge on any atom is 0.407 e. The second-order valence-corrected chi connectivity index (χ2v) is 43.4. The van der Waals surface area contributed by atoms with Gasteiger partial charge in [-0.3, -0.25) is 19.2 Å². The molecule has 12 heterocycles. The van der Waals surface area contributed by atoms with E-state index in [0.29, 0.717) is 38.0 Å². The van der Waals surface area contributed by atoms with Crippen LogP contribution >= 0.6 is 0 Å². The van der Waals surface area contributed by atoms with E-state index in [1.54, 1.807) is 0 Å². The summed E-state index contributed by atoms with van der Waals surface area (Å²) in [6.45, 7) is 41.4. The monoisotopic (exact) mass is 1980 g/mol. The molecule has 0 unspecified atom stereocenters. The number of aromatic nitrogens is 16. The van der Waals surface area contributed by atoms with Gasteiger partial charge in [0, 0.05) is 118 Å². The zero-order chi connectivity index (χ0) is 103. The highest BCUT2D eigenvalue weighted by atomic mass is 16.6. The smallest absolute Gasteiger partial charge is 0.407 e. The fourth-order valence-electron chi connectivity index (χ4n) is 20.7. The van der Waals surface area contributed by atoms with E-state index in [1.807, 2.05) is 94.9 Å². The van der Waals surface area contributed by atoms with Gasteiger partial charge in [0.1, 0.15) is 33.3 Å². The van der Waals surface area contributed by atoms with Gasteiger partial charge in [0.2, 0.25) is 17.7 Å². The minimum atomic E-state index is -0.714. The molecular formula is C108H146N28O9. The summed E-state index contributed by atoms with van der Waals surface area (Å²) in [6.07, 6.45) is 12.3. The Hall–Kier alpha value is -13.4. The van der Waals surface area contributed by atoms with Crippen LogP contribution in [0.5, 0.6) is 0 Å². The van der Waals surface area contributed by atoms with E-state index in [1.165, 1.54) is 22.3 Å². The molecule has 5 amide bonds. The van der Waals surface area contributed by atoms with Crippen molar-refractivity contribution in [3.05, 3.63) is 165 Å². The summed E-state index contributed by atoms with van der Waals surface area (Å²) in [5.74, 6) is 2.70. The van der Waals surface area contributed by atoms with E-state index in [0.717, 1.165) is 264 Å². The van der Waals surface area contributed by atoms with E-state index in [9.17, 15) is 33.9 Å². The highest BCUT2D eigenvalue weighted by Crippen LogP contribution is 2.40. The number of nitrogens with one attached hydrogen (secondary N) is 5. The van der Waals surface area contributed by atoms with Crippen LogP contribution in [0.25, 0.3) is 66.4 Å². The van der Waals surface area contributed by atoms with E-state index < -0.39 is 23.3 Å². The Balaban J connectivity index is 0.000000134. The van der Waals surface area contributed by atoms with Gasteiger partial charge in [0.05, 0.1) is 95.8 Å². The molecule has 4 aromatic carbocycles. The van der Waals surface area contributed by atoms with E-state index in [-0.39, 0.29) is 83.7 Å². The summed E-state index contributed by atoms with van der Waals surface area (Å²) in [5, 5.41) is 84.1. The van der Waals surface area contributed by atoms with Crippen LogP contribution in [0.3, 0.4) is 0 Å². The summed E-state index contributed by atoms with van der Waals surface area (Å²) < 4.78 is 18.3. The quantitative estimate of drug-likeness (QED) is 0.0395. The van der Waals surface area contributed by atoms with Gasteiger partial charge in [-0.15, -0.1) is 20.4 Å². The Morgan fingerprint density at radius 1 is 0.324 bits per heavy atom. The topological polar surface area (TPSA) is 444 Å². The number of fused-ring (bicyclic) bond motifs is 4. The molecule has 37 heteroatoms. The van der Waals surface area contributed by atoms with Crippen LogP contribution < -0.4 is 57.7 Å². The number of aliphatic carboxylic acids is 1. The van der Waals surface area contributed by atoms with Crippen molar-refractivity contribution in [1.82, 2.24) is 111 Å². The van der Waals surface area contributed by atoms with E-state index in [4.69, 9.17) is 41.3 Å². The minimum Gasteiger partial charge on any atom is -0.481 e. The predicted molar refractivity (Wildman–Crippen MR) is 563 cm³/mol. The van der Waals surface area contributed by atoms with Crippen LogP contribution in [-0.4, -0.2) is 252 Å². The molecular weight excluding hydrogens is 1830 g/mol. The Morgan fingerprint density at radius 2 is 0.545 bits per heavy atom. The lowest BCUT2D eigenvalue weighted by molar-refractivity contribution is -0.142. The maximum absolute atomic E-state index is 13.0. The number of aryl methyl sites for hydroxylation is 12. The van der Waals surface area contributed by atoms with Crippen molar-refractivity contribution >= 4 is 103 Å². The van der Waals surface area contributed by atoms with Crippen molar-refractivity contribution < 1.29 is 43.3 Å². The SMILES string of the molecule is CC(C)(C)OC(=O)NC1CC(N)C1.Cc1ccc(-n2nc3c(N4CCC(C(=O)NC5CC(N(C)C)C5)CC4)nnc(C)c3c2C)cc1.Cc1ccc(-n2nc3c(N4CCC(C(=O)NC5CC(N)C5)CC4)nnc(C)c3c2C)cc1.Cc1ccc(-n2nc3c(N4CCC(C(=O)NC5CC(NC(=O)OC(C)(C)C)C5)CC4)nnc(C)c3c2C)cc1.Cc1ccc(-n2nc3c(N4CCC(C(=O)O)CC4)nnc(C)c3c2C)cc1. The Kier molecular flexibility index (Phi) is 31.9. The number of carbonyl (C=O) groups is 6. The van der Waals surface area contributed by atoms with Crippen LogP contribution in [-0.2, 0) is 28.7 Å². The number of hydrogen-bond acceptors (Lipinski definition) is 27. The van der Waals surface area contributed by atoms with Crippen LogP contribution in [0.4, 0.5) is 32.9 Å². The number of carbonyl (C=O) groups excluding carboxylic acids is 5. The third-order valence-corrected chi connectivity index (χ3v) is 29.5. The van der Waals surface area contributed by atoms with Gasteiger partial charge in [-0.05, 0) is 290 Å². The molecule has 10 N–H and O–H groups in total. The number of ether oxygens (including phenoxy) is 2. The molecule has 8 fully saturated rings. The first kappa shape index (κ1) is 104. The number of amides is 5. The minimum absolute atomic E-state index is 0.0395. The highest BCUT2D eigenvalue weighted by Gasteiger charge is 2.41. The first-order chi connectivity index (χ1) is 69.0. The summed E-state index contributed by atoms with van der Waals surface area (Å²) in [6, 6.07) is 35.4. The van der Waals surface area contributed by atoms with Crippen molar-refractivity contribution in [3.8, 4) is 22.7 Å². The van der Waals surface area contributed by atoms with Crippen molar-refractivity contribution in [2.75, 3.05) is 86.1 Å². The summed E-state index contributed by atoms with van der Waals surface area (Å²) in [7, 11) is 4.21. The van der Waals surface area contributed by atoms with Crippen molar-refractivity contribution in [1.29, 1.82) is 0 Å². The average Bonchev–Trinajstić information content (AvgIpc) is 1.65. The number of anilines is 4. The molecule has 4 aliphatic heterocycles. The average molecular weight is 1980 g/mol. The number of rotatable bonds is 18. The lowest BCUT2D eigenvalue weighted by Gasteiger charge is -2.41. The Bertz CT molecular complexity index is 6620. The molecule has 145 heavy (non-hydrogen) atoms. The summed E-state index contributed by atoms with van der Waals surface area (Å²) in [4.78, 5) is 83.8. The number of hydrogen-bond donors (Lipinski definition) is 8. The Labute approximate surface area is 848 Å². The van der Waals surface area contributed by atoms with Gasteiger partial charge in [0.25, 0.3) is 0 Å². The molecule has 8 aromatic heterocycles. The fourth-order valence-corrected chi connectivity index (χ4v) is 20.7. The van der Waals surface area contributed by atoms with Crippen molar-refractivity contribution in [2.24, 2.45) is 35.1 Å². The second kappa shape index (κ2) is 44.3. The molecule has 20 rings (SSSR count). The molecule has 8 aliphatic rings. The van der Waals surface area contributed by atoms with Crippen LogP contribution in [0.1, 0.15) is 212 Å². The van der Waals surface area contributed by atoms with Gasteiger partial charge in [-0.2, -0.15) is 40.8 Å². The van der Waals surface area contributed by atoms with Gasteiger partial charge >= 0.3 is 18.2 Å². The molecule has 772 valence electrons. The predicted octanol–water partition coefficient (Wildman–Crippen LogP) is 13.9. The molecule has 4 saturated heterocycles. The molecule has 0 atom stereocenters. The molecule has 4 aliphatic carbocycles. The number of nitrogens with zero attached hydrogens (tertiary/aromatic N) is 21. The molecule has 37 nitrogen and oxygen atoms in total. The molecule has 0 bridgehead atoms. The molecule has 0 spiro atoms. The normalized spacial score (nSPS) is 20.5. The fraction of sp³-hybridized carbons (Fsp3) is 0.537. The second-order valence-electron chi connectivity index (χ2n) is 43.4. The van der Waals surface area contributed by atoms with E-state index in [2.05, 4.69) is 251 Å². The first-order valence-corrected chi connectivity index (χ1v) is 51.5. The maximum atomic E-state index is 13.0. The van der Waals surface area contributed by atoms with Crippen molar-refractivity contribution in [2.45, 2.75) is 287 Å². The van der Waals surface area contributed by atoms with Gasteiger partial charge in [-0.25, -0.2) is 28.3 Å². The van der Waals surface area contributed by atoms with Gasteiger partial charge in [-0.1, -0.05) is 70.8 Å². The molecule has 0 radical (unpaired) electrons. The molecule has 12 aromatic rings. The highest BCUT2D eigenvalue weighted by molar-refractivity contribution is 5.96. The first-order valence-electron chi connectivity index (χ1n) is 51.5. The third kappa shape index (κ3) is 24.5. The largest absolute Gasteiger partial charge is 0.481 e. The molecule has 4 saturated carbocycles. The summed E-state index contributed by atoms with van der Waals surface area (Å²) in [5.41, 5.74) is 30.5. The lowest BCUT2D eigenvalue weighted by atomic mass is 9.85. The Morgan fingerprint density at radius 3 is 0.772 bits per heavy atom. The zero-order valence-corrected chi connectivity index (χ0v) is 87.9. The number of piperidine rings is 4. The van der Waals surface area contributed by atoms with Crippen LogP contribution in [0, 0.1) is 107 Å². The lowest BCUT2D eigenvalue weighted by Crippen LogP contribution is -2.55. The number of benzene rings is 4. The van der Waals surface area contributed by atoms with E-state index >= 15 is 0 Å². The number of carboxylic acid groups (broad SMARTS) is 1. The number of nitrogens with two attached hydrogens (primary N) is 2. The summed E-state index contributed by atoms with van der Waals surface area (Å²) >= 11 is 0. The standard InChI is InChI=1S/C29H39N7O3.C26H35N7O.C24H31N7O.C20H23N5O2.C9H18N2O2/c1-17-7-9-23(10-8-17)36-19(3)24-18(2)32-33-26(25(24)34-36)35-13-11-20(12-14-35)27(37)30-21-15-22(16-21)31-28(38)39-29(4,5)6;1-16-6-8-21(9-7-16)33-18(3)23-17(2)28-29-25(24(23)30-33)32-12-10-19(11-13-32)26(34)27-20-14-22(15-20)31(4)5;1-14-4-6-20(7-5-14)31-16(3)21-15(2)27-28-23(22(21)29-31)30-10-8-17(9-11-30)24(32)26-19-12-18(25)13-19;1-12-4-6-16(7-5-12)25-14(3)17-13(2)21-22-19(18(17)23-25)24-10-8-15(9-11-24)20(26)27;1-9(2,3)13-8(12)11-7-4-6(10)5-7/h7-10,20-22H,11-16H2,1-6H3,(H,30,37)(H,31,38);6-9,19-20,22H,10-15H2,1-5H3,(H,27,34);4-7,17-19H,8-13,25H2,1-3H3,(H,26,32);4-7,15H,8-11H2,1-3H3,(H,26,27);6-7H,4-5,10H2,1-3H3,(H,11,12). The zero-order valence-electron chi connectivity index (χ0n) is 87.9. The van der Waals surface area contributed by atoms with Crippen molar-refractivity contribution in [3.63, 3.8) is 0 Å². The van der Waals surface area contributed by atoms with Crippen LogP contribution in [0.15, 0.2) is 97.1 Å². The van der Waals surface area contributed by atoms with Gasteiger partial charge in [0.15, 0.2) is 23.3 Å². The van der Waals surface area contributed by atoms with Crippen LogP contribution in [0.2, 0.25) is 0 Å². The van der Waals surface area contributed by atoms with Gasteiger partial charge < -0.3 is 77.1 Å².